The standard InChI is InChI=1S/C13H14ClFN2/c1-8(2)13-10(7-17(3)16-13)9-4-5-11(14)12(15)6-9/h4-8H,1-3H3. The maximum Gasteiger partial charge on any atom is 0.142 e. The number of aromatic nitrogens is 2. The molecule has 0 bridgehead atoms. The molecule has 0 fully saturated rings. The summed E-state index contributed by atoms with van der Waals surface area (Å²) >= 11 is 5.68. The molecule has 2 rings (SSSR count). The molecule has 17 heavy (non-hydrogen) atoms. The van der Waals surface area contributed by atoms with Crippen LogP contribution >= 0.6 is 11.6 Å². The minimum absolute atomic E-state index is 0.142. The van der Waals surface area contributed by atoms with Crippen LogP contribution in [0.4, 0.5) is 4.39 Å². The number of hydrogen-bond acceptors (Lipinski definition) is 1. The highest BCUT2D eigenvalue weighted by Crippen LogP contribution is 2.30. The molecule has 2 nitrogen and oxygen atoms in total. The molecule has 0 amide bonds. The molecule has 0 radical (unpaired) electrons. The lowest BCUT2D eigenvalue weighted by atomic mass is 10.0. The third kappa shape index (κ3) is 2.34. The van der Waals surface area contributed by atoms with E-state index < -0.39 is 5.82 Å². The molecule has 4 heteroatoms. The third-order valence-electron chi connectivity index (χ3n) is 2.63. The maximum absolute atomic E-state index is 13.4. The van der Waals surface area contributed by atoms with Crippen LogP contribution < -0.4 is 0 Å². The Kier molecular flexibility index (Phi) is 3.20. The van der Waals surface area contributed by atoms with Crippen molar-refractivity contribution in [2.45, 2.75) is 19.8 Å². The average molecular weight is 253 g/mol. The Labute approximate surface area is 105 Å². The van der Waals surface area contributed by atoms with Crippen molar-refractivity contribution in [2.24, 2.45) is 7.05 Å². The van der Waals surface area contributed by atoms with Gasteiger partial charge in [-0.05, 0) is 23.6 Å². The van der Waals surface area contributed by atoms with E-state index in [9.17, 15) is 4.39 Å². The molecule has 1 heterocycles. The number of nitrogens with zero attached hydrogens (tertiary/aromatic N) is 2. The van der Waals surface area contributed by atoms with Crippen LogP contribution in [-0.2, 0) is 7.05 Å². The Bertz CT molecular complexity index is 546. The Morgan fingerprint density at radius 1 is 1.35 bits per heavy atom. The van der Waals surface area contributed by atoms with E-state index in [1.807, 2.05) is 19.3 Å². The third-order valence-corrected chi connectivity index (χ3v) is 2.94. The summed E-state index contributed by atoms with van der Waals surface area (Å²) in [6.07, 6.45) is 1.90. The van der Waals surface area contributed by atoms with Gasteiger partial charge >= 0.3 is 0 Å². The summed E-state index contributed by atoms with van der Waals surface area (Å²) in [7, 11) is 1.86. The van der Waals surface area contributed by atoms with Crippen LogP contribution in [0.1, 0.15) is 25.5 Å². The van der Waals surface area contributed by atoms with Crippen molar-refractivity contribution in [2.75, 3.05) is 0 Å². The minimum Gasteiger partial charge on any atom is -0.275 e. The van der Waals surface area contributed by atoms with Gasteiger partial charge in [0.25, 0.3) is 0 Å². The average Bonchev–Trinajstić information content (AvgIpc) is 2.64. The zero-order chi connectivity index (χ0) is 12.6. The van der Waals surface area contributed by atoms with Gasteiger partial charge in [0.05, 0.1) is 10.7 Å². The lowest BCUT2D eigenvalue weighted by molar-refractivity contribution is 0.628. The first-order valence-corrected chi connectivity index (χ1v) is 5.86. The number of benzene rings is 1. The molecule has 90 valence electrons. The highest BCUT2D eigenvalue weighted by Gasteiger charge is 2.14. The van der Waals surface area contributed by atoms with E-state index in [4.69, 9.17) is 11.6 Å². The topological polar surface area (TPSA) is 17.8 Å². The second kappa shape index (κ2) is 4.49. The van der Waals surface area contributed by atoms with Gasteiger partial charge in [0, 0.05) is 18.8 Å². The van der Waals surface area contributed by atoms with Crippen LogP contribution in [-0.4, -0.2) is 9.78 Å². The summed E-state index contributed by atoms with van der Waals surface area (Å²) in [5.41, 5.74) is 2.73. The van der Waals surface area contributed by atoms with Crippen molar-refractivity contribution in [3.05, 3.63) is 40.9 Å². The quantitative estimate of drug-likeness (QED) is 0.790. The molecule has 1 aromatic carbocycles. The van der Waals surface area contributed by atoms with E-state index in [0.29, 0.717) is 5.92 Å². The first-order chi connectivity index (χ1) is 7.99. The van der Waals surface area contributed by atoms with Crippen LogP contribution in [0.2, 0.25) is 5.02 Å². The van der Waals surface area contributed by atoms with Gasteiger partial charge in [-0.25, -0.2) is 4.39 Å². The molecule has 2 aromatic rings. The van der Waals surface area contributed by atoms with Crippen LogP contribution in [0, 0.1) is 5.82 Å². The second-order valence-corrected chi connectivity index (χ2v) is 4.79. The van der Waals surface area contributed by atoms with Crippen LogP contribution in [0.25, 0.3) is 11.1 Å². The maximum atomic E-state index is 13.4. The molecule has 0 N–H and O–H groups in total. The number of halogens is 2. The van der Waals surface area contributed by atoms with E-state index in [1.54, 1.807) is 10.7 Å². The number of aryl methyl sites for hydroxylation is 1. The molecule has 0 aliphatic carbocycles. The lowest BCUT2D eigenvalue weighted by Crippen LogP contribution is -1.93. The fourth-order valence-corrected chi connectivity index (χ4v) is 1.94. The van der Waals surface area contributed by atoms with E-state index >= 15 is 0 Å². The van der Waals surface area contributed by atoms with Gasteiger partial charge in [-0.3, -0.25) is 4.68 Å². The lowest BCUT2D eigenvalue weighted by Gasteiger charge is -2.05. The summed E-state index contributed by atoms with van der Waals surface area (Å²) in [6.45, 7) is 4.14. The minimum atomic E-state index is -0.400. The predicted molar refractivity (Wildman–Crippen MR) is 67.7 cm³/mol. The summed E-state index contributed by atoms with van der Waals surface area (Å²) in [5.74, 6) is -0.104. The molecule has 1 aromatic heterocycles. The first-order valence-electron chi connectivity index (χ1n) is 5.48. The highest BCUT2D eigenvalue weighted by atomic mass is 35.5. The van der Waals surface area contributed by atoms with Gasteiger partial charge in [0.1, 0.15) is 5.82 Å². The Morgan fingerprint density at radius 2 is 2.06 bits per heavy atom. The first kappa shape index (κ1) is 12.1. The van der Waals surface area contributed by atoms with Crippen molar-refractivity contribution < 1.29 is 4.39 Å². The SMILES string of the molecule is CC(C)c1nn(C)cc1-c1ccc(Cl)c(F)c1. The molecule has 0 unspecified atom stereocenters. The molecule has 0 atom stereocenters. The zero-order valence-electron chi connectivity index (χ0n) is 10.0. The zero-order valence-corrected chi connectivity index (χ0v) is 10.8. The van der Waals surface area contributed by atoms with Gasteiger partial charge in [-0.15, -0.1) is 0 Å². The molecule has 0 aliphatic heterocycles. The summed E-state index contributed by atoms with van der Waals surface area (Å²) < 4.78 is 15.2. The van der Waals surface area contributed by atoms with Gasteiger partial charge in [-0.2, -0.15) is 5.10 Å². The molecular weight excluding hydrogens is 239 g/mol. The van der Waals surface area contributed by atoms with E-state index in [2.05, 4.69) is 18.9 Å². The Morgan fingerprint density at radius 3 is 2.65 bits per heavy atom. The van der Waals surface area contributed by atoms with Gasteiger partial charge in [0.15, 0.2) is 0 Å². The molecule has 0 saturated heterocycles. The van der Waals surface area contributed by atoms with Crippen molar-refractivity contribution in [3.8, 4) is 11.1 Å². The summed E-state index contributed by atoms with van der Waals surface area (Å²) in [5, 5.41) is 4.54. The van der Waals surface area contributed by atoms with Crippen molar-refractivity contribution in [3.63, 3.8) is 0 Å². The van der Waals surface area contributed by atoms with Crippen molar-refractivity contribution in [1.82, 2.24) is 9.78 Å². The van der Waals surface area contributed by atoms with E-state index in [0.717, 1.165) is 16.8 Å². The van der Waals surface area contributed by atoms with E-state index in [1.165, 1.54) is 6.07 Å². The summed E-state index contributed by atoms with van der Waals surface area (Å²) in [6, 6.07) is 4.84. The van der Waals surface area contributed by atoms with Gasteiger partial charge in [0.2, 0.25) is 0 Å². The Hall–Kier alpha value is -1.35. The smallest absolute Gasteiger partial charge is 0.142 e. The predicted octanol–water partition coefficient (Wildman–Crippen LogP) is 4.00. The number of rotatable bonds is 2. The molecule has 0 spiro atoms. The van der Waals surface area contributed by atoms with Crippen LogP contribution in [0.5, 0.6) is 0 Å². The second-order valence-electron chi connectivity index (χ2n) is 4.39. The summed E-state index contributed by atoms with van der Waals surface area (Å²) in [4.78, 5) is 0. The normalized spacial score (nSPS) is 11.2. The van der Waals surface area contributed by atoms with E-state index in [-0.39, 0.29) is 5.02 Å². The monoisotopic (exact) mass is 252 g/mol. The molecule has 0 aliphatic rings. The van der Waals surface area contributed by atoms with Gasteiger partial charge in [-0.1, -0.05) is 31.5 Å². The fraction of sp³-hybridized carbons (Fsp3) is 0.308. The fourth-order valence-electron chi connectivity index (χ4n) is 1.82. The largest absolute Gasteiger partial charge is 0.275 e. The van der Waals surface area contributed by atoms with Crippen LogP contribution in [0.15, 0.2) is 24.4 Å². The Balaban J connectivity index is 2.55. The number of hydrogen-bond donors (Lipinski definition) is 0. The van der Waals surface area contributed by atoms with Crippen molar-refractivity contribution in [1.29, 1.82) is 0 Å². The molecular formula is C13H14ClFN2. The highest BCUT2D eigenvalue weighted by molar-refractivity contribution is 6.30. The van der Waals surface area contributed by atoms with Crippen molar-refractivity contribution >= 4 is 11.6 Å². The van der Waals surface area contributed by atoms with Crippen LogP contribution in [0.3, 0.4) is 0 Å². The molecule has 0 saturated carbocycles. The van der Waals surface area contributed by atoms with Gasteiger partial charge < -0.3 is 0 Å².